The SMILES string of the molecule is C=CC(=O)OCC/C=C/C=C/C. The van der Waals surface area contributed by atoms with Gasteiger partial charge in [-0.25, -0.2) is 4.79 Å². The molecule has 0 N–H and O–H groups in total. The van der Waals surface area contributed by atoms with Gasteiger partial charge in [-0.2, -0.15) is 0 Å². The van der Waals surface area contributed by atoms with Crippen molar-refractivity contribution in [1.29, 1.82) is 0 Å². The molecule has 0 unspecified atom stereocenters. The molecule has 0 spiro atoms. The first-order valence-corrected chi connectivity index (χ1v) is 3.88. The van der Waals surface area contributed by atoms with Crippen LogP contribution in [0.3, 0.4) is 0 Å². The Labute approximate surface area is 73.2 Å². The predicted octanol–water partition coefficient (Wildman–Crippen LogP) is 2.24. The van der Waals surface area contributed by atoms with Crippen LogP contribution in [0.15, 0.2) is 37.0 Å². The highest BCUT2D eigenvalue weighted by molar-refractivity contribution is 5.81. The maximum Gasteiger partial charge on any atom is 0.330 e. The topological polar surface area (TPSA) is 26.3 Å². The van der Waals surface area contributed by atoms with E-state index in [9.17, 15) is 4.79 Å². The van der Waals surface area contributed by atoms with Crippen molar-refractivity contribution in [1.82, 2.24) is 0 Å². The molecule has 2 nitrogen and oxygen atoms in total. The fourth-order valence-corrected chi connectivity index (χ4v) is 0.572. The maximum atomic E-state index is 10.5. The maximum absolute atomic E-state index is 10.5. The zero-order chi connectivity index (χ0) is 9.23. The fourth-order valence-electron chi connectivity index (χ4n) is 0.572. The predicted molar refractivity (Wildman–Crippen MR) is 49.7 cm³/mol. The molecule has 0 aromatic rings. The van der Waals surface area contributed by atoms with Crippen LogP contribution in [0, 0.1) is 0 Å². The van der Waals surface area contributed by atoms with E-state index in [1.807, 2.05) is 31.2 Å². The molecule has 0 saturated heterocycles. The molecule has 0 fully saturated rings. The van der Waals surface area contributed by atoms with Gasteiger partial charge in [0.05, 0.1) is 6.61 Å². The molecule has 0 rings (SSSR count). The van der Waals surface area contributed by atoms with Gasteiger partial charge in [0, 0.05) is 6.08 Å². The Bertz CT molecular complexity index is 190. The van der Waals surface area contributed by atoms with Gasteiger partial charge < -0.3 is 4.74 Å². The molecule has 0 atom stereocenters. The van der Waals surface area contributed by atoms with Gasteiger partial charge in [0.15, 0.2) is 0 Å². The van der Waals surface area contributed by atoms with Gasteiger partial charge in [0.2, 0.25) is 0 Å². The van der Waals surface area contributed by atoms with Crippen LogP contribution in [0.25, 0.3) is 0 Å². The molecule has 0 aliphatic heterocycles. The number of ether oxygens (including phenoxy) is 1. The molecule has 0 aliphatic carbocycles. The van der Waals surface area contributed by atoms with Crippen LogP contribution in [0.4, 0.5) is 0 Å². The average molecular weight is 166 g/mol. The molecule has 0 amide bonds. The summed E-state index contributed by atoms with van der Waals surface area (Å²) in [6.45, 7) is 5.65. The summed E-state index contributed by atoms with van der Waals surface area (Å²) in [7, 11) is 0. The van der Waals surface area contributed by atoms with Gasteiger partial charge in [0.1, 0.15) is 0 Å². The Morgan fingerprint density at radius 3 is 2.83 bits per heavy atom. The Hall–Kier alpha value is -1.31. The normalized spacial score (nSPS) is 10.8. The summed E-state index contributed by atoms with van der Waals surface area (Å²) in [4.78, 5) is 10.5. The highest BCUT2D eigenvalue weighted by Crippen LogP contribution is 1.87. The molecule has 0 heterocycles. The Balaban J connectivity index is 3.32. The first-order chi connectivity index (χ1) is 5.81. The summed E-state index contributed by atoms with van der Waals surface area (Å²) >= 11 is 0. The molecule has 0 aliphatic rings. The highest BCUT2D eigenvalue weighted by Gasteiger charge is 1.90. The number of carbonyl (C=O) groups is 1. The van der Waals surface area contributed by atoms with Gasteiger partial charge >= 0.3 is 5.97 Å². The third kappa shape index (κ3) is 6.81. The summed E-state index contributed by atoms with van der Waals surface area (Å²) in [5, 5.41) is 0. The second-order valence-corrected chi connectivity index (χ2v) is 2.11. The molecule has 0 radical (unpaired) electrons. The van der Waals surface area contributed by atoms with Crippen molar-refractivity contribution in [2.45, 2.75) is 13.3 Å². The van der Waals surface area contributed by atoms with E-state index in [-0.39, 0.29) is 5.97 Å². The number of hydrogen-bond donors (Lipinski definition) is 0. The van der Waals surface area contributed by atoms with Crippen LogP contribution in [-0.4, -0.2) is 12.6 Å². The van der Waals surface area contributed by atoms with Crippen molar-refractivity contribution in [2.75, 3.05) is 6.61 Å². The van der Waals surface area contributed by atoms with Crippen LogP contribution in [-0.2, 0) is 9.53 Å². The van der Waals surface area contributed by atoms with Crippen molar-refractivity contribution in [3.63, 3.8) is 0 Å². The van der Waals surface area contributed by atoms with E-state index in [0.717, 1.165) is 12.5 Å². The van der Waals surface area contributed by atoms with Crippen molar-refractivity contribution in [3.8, 4) is 0 Å². The van der Waals surface area contributed by atoms with Crippen molar-refractivity contribution < 1.29 is 9.53 Å². The van der Waals surface area contributed by atoms with E-state index in [4.69, 9.17) is 4.74 Å². The van der Waals surface area contributed by atoms with Crippen LogP contribution < -0.4 is 0 Å². The summed E-state index contributed by atoms with van der Waals surface area (Å²) in [6.07, 6.45) is 9.62. The van der Waals surface area contributed by atoms with Gasteiger partial charge in [-0.05, 0) is 13.3 Å². The molecule has 0 saturated carbocycles. The number of allylic oxidation sites excluding steroid dienone is 3. The molecule has 66 valence electrons. The summed E-state index contributed by atoms with van der Waals surface area (Å²) in [5.74, 6) is -0.366. The first kappa shape index (κ1) is 10.7. The van der Waals surface area contributed by atoms with E-state index in [0.29, 0.717) is 6.61 Å². The van der Waals surface area contributed by atoms with Gasteiger partial charge in [0.25, 0.3) is 0 Å². The molecule has 0 aromatic carbocycles. The monoisotopic (exact) mass is 166 g/mol. The van der Waals surface area contributed by atoms with E-state index >= 15 is 0 Å². The van der Waals surface area contributed by atoms with Crippen LogP contribution in [0.1, 0.15) is 13.3 Å². The zero-order valence-corrected chi connectivity index (χ0v) is 7.32. The summed E-state index contributed by atoms with van der Waals surface area (Å²) in [5.41, 5.74) is 0. The molecule has 0 aromatic heterocycles. The van der Waals surface area contributed by atoms with Gasteiger partial charge in [-0.1, -0.05) is 30.9 Å². The Morgan fingerprint density at radius 1 is 1.50 bits per heavy atom. The molecule has 0 bridgehead atoms. The standard InChI is InChI=1S/C10H14O2/c1-3-5-6-7-8-9-12-10(11)4-2/h3-7H,2,8-9H2,1H3/b5-3+,7-6+. The Kier molecular flexibility index (Phi) is 6.94. The van der Waals surface area contributed by atoms with Crippen LogP contribution >= 0.6 is 0 Å². The van der Waals surface area contributed by atoms with Crippen molar-refractivity contribution in [2.24, 2.45) is 0 Å². The molecular formula is C10H14O2. The lowest BCUT2D eigenvalue weighted by molar-refractivity contribution is -0.137. The second kappa shape index (κ2) is 7.79. The quantitative estimate of drug-likeness (QED) is 0.271. The second-order valence-electron chi connectivity index (χ2n) is 2.11. The van der Waals surface area contributed by atoms with E-state index in [1.54, 1.807) is 0 Å². The highest BCUT2D eigenvalue weighted by atomic mass is 16.5. The fraction of sp³-hybridized carbons (Fsp3) is 0.300. The van der Waals surface area contributed by atoms with Gasteiger partial charge in [-0.15, -0.1) is 0 Å². The minimum Gasteiger partial charge on any atom is -0.462 e. The minimum absolute atomic E-state index is 0.366. The molecule has 2 heteroatoms. The zero-order valence-electron chi connectivity index (χ0n) is 7.32. The largest absolute Gasteiger partial charge is 0.462 e. The molecule has 12 heavy (non-hydrogen) atoms. The van der Waals surface area contributed by atoms with E-state index < -0.39 is 0 Å². The van der Waals surface area contributed by atoms with Crippen LogP contribution in [0.5, 0.6) is 0 Å². The third-order valence-electron chi connectivity index (χ3n) is 1.14. The van der Waals surface area contributed by atoms with Crippen molar-refractivity contribution in [3.05, 3.63) is 37.0 Å². The van der Waals surface area contributed by atoms with E-state index in [1.165, 1.54) is 0 Å². The number of hydrogen-bond acceptors (Lipinski definition) is 2. The lowest BCUT2D eigenvalue weighted by Gasteiger charge is -1.96. The van der Waals surface area contributed by atoms with Crippen molar-refractivity contribution >= 4 is 5.97 Å². The molecular weight excluding hydrogens is 152 g/mol. The van der Waals surface area contributed by atoms with E-state index in [2.05, 4.69) is 6.58 Å². The number of carbonyl (C=O) groups excluding carboxylic acids is 1. The smallest absolute Gasteiger partial charge is 0.330 e. The third-order valence-corrected chi connectivity index (χ3v) is 1.14. The number of rotatable bonds is 5. The summed E-state index contributed by atoms with van der Waals surface area (Å²) < 4.78 is 4.74. The number of esters is 1. The minimum atomic E-state index is -0.366. The first-order valence-electron chi connectivity index (χ1n) is 3.88. The average Bonchev–Trinajstić information content (AvgIpc) is 2.10. The Morgan fingerprint density at radius 2 is 2.25 bits per heavy atom. The van der Waals surface area contributed by atoms with Crippen LogP contribution in [0.2, 0.25) is 0 Å². The lowest BCUT2D eigenvalue weighted by atomic mass is 10.4. The summed E-state index contributed by atoms with van der Waals surface area (Å²) in [6, 6.07) is 0. The lowest BCUT2D eigenvalue weighted by Crippen LogP contribution is -2.00. The van der Waals surface area contributed by atoms with Gasteiger partial charge in [-0.3, -0.25) is 0 Å².